The summed E-state index contributed by atoms with van der Waals surface area (Å²) < 4.78 is 55.1. The van der Waals surface area contributed by atoms with E-state index in [4.69, 9.17) is 0 Å². The van der Waals surface area contributed by atoms with Gasteiger partial charge in [0.1, 0.15) is 16.9 Å². The average molecular weight is 384 g/mol. The smallest absolute Gasteiger partial charge is 0.225 e. The fourth-order valence-electron chi connectivity index (χ4n) is 4.06. The second kappa shape index (κ2) is 6.56. The summed E-state index contributed by atoms with van der Waals surface area (Å²) in [5, 5.41) is -0.639. The number of amides is 1. The number of likely N-dealkylation sites (tertiary alicyclic amines) is 1. The molecule has 0 radical (unpaired) electrons. The molecular weight excluding hydrogens is 362 g/mol. The van der Waals surface area contributed by atoms with Gasteiger partial charge in [-0.2, -0.15) is 0 Å². The van der Waals surface area contributed by atoms with Gasteiger partial charge in [-0.15, -0.1) is 0 Å². The van der Waals surface area contributed by atoms with E-state index in [1.165, 1.54) is 18.2 Å². The third kappa shape index (κ3) is 3.24. The number of carbonyl (C=O) groups is 1. The first kappa shape index (κ1) is 17.9. The third-order valence-corrected chi connectivity index (χ3v) is 7.59. The van der Waals surface area contributed by atoms with Crippen molar-refractivity contribution in [1.82, 2.24) is 9.62 Å². The molecule has 0 spiro atoms. The molecule has 1 amide bonds. The highest BCUT2D eigenvalue weighted by Gasteiger charge is 2.48. The first-order chi connectivity index (χ1) is 12.4. The van der Waals surface area contributed by atoms with Gasteiger partial charge in [0.25, 0.3) is 0 Å². The number of hydrogen-bond donors (Lipinski definition) is 1. The van der Waals surface area contributed by atoms with Gasteiger partial charge >= 0.3 is 0 Å². The minimum absolute atomic E-state index is 0.0449. The van der Waals surface area contributed by atoms with Crippen LogP contribution in [-0.2, 0) is 14.8 Å². The summed E-state index contributed by atoms with van der Waals surface area (Å²) in [5.74, 6) is -1.65. The number of halogens is 2. The van der Waals surface area contributed by atoms with Gasteiger partial charge in [-0.05, 0) is 31.4 Å². The van der Waals surface area contributed by atoms with E-state index in [9.17, 15) is 22.0 Å². The molecule has 1 N–H and O–H groups in total. The molecule has 3 aliphatic rings. The molecule has 142 valence electrons. The van der Waals surface area contributed by atoms with Gasteiger partial charge in [-0.1, -0.05) is 18.9 Å². The Morgan fingerprint density at radius 1 is 1.12 bits per heavy atom. The van der Waals surface area contributed by atoms with Crippen molar-refractivity contribution in [1.29, 1.82) is 0 Å². The normalized spacial score (nSPS) is 26.8. The molecule has 26 heavy (non-hydrogen) atoms. The van der Waals surface area contributed by atoms with Crippen LogP contribution in [0.15, 0.2) is 18.2 Å². The molecule has 2 aliphatic carbocycles. The van der Waals surface area contributed by atoms with E-state index in [0.717, 1.165) is 25.7 Å². The Hall–Kier alpha value is -1.54. The Kier molecular flexibility index (Phi) is 4.51. The summed E-state index contributed by atoms with van der Waals surface area (Å²) in [6.07, 6.45) is 4.28. The molecule has 1 heterocycles. The van der Waals surface area contributed by atoms with E-state index >= 15 is 0 Å². The summed E-state index contributed by atoms with van der Waals surface area (Å²) in [4.78, 5) is 13.9. The molecule has 3 fully saturated rings. The monoisotopic (exact) mass is 384 g/mol. The predicted molar refractivity (Wildman–Crippen MR) is 91.9 cm³/mol. The second-order valence-electron chi connectivity index (χ2n) is 7.59. The van der Waals surface area contributed by atoms with Crippen LogP contribution in [0.4, 0.5) is 8.78 Å². The lowest BCUT2D eigenvalue weighted by Gasteiger charge is -2.40. The van der Waals surface area contributed by atoms with Crippen molar-refractivity contribution in [3.63, 3.8) is 0 Å². The Balaban J connectivity index is 1.33. The summed E-state index contributed by atoms with van der Waals surface area (Å²) in [6, 6.07) is 3.17. The third-order valence-electron chi connectivity index (χ3n) is 5.78. The van der Waals surface area contributed by atoms with Crippen molar-refractivity contribution in [3.8, 4) is 0 Å². The fraction of sp³-hybridized carbons (Fsp3) is 0.611. The zero-order chi connectivity index (χ0) is 18.5. The van der Waals surface area contributed by atoms with Crippen molar-refractivity contribution in [2.24, 2.45) is 5.92 Å². The topological polar surface area (TPSA) is 66.5 Å². The lowest BCUT2D eigenvalue weighted by atomic mass is 10.0. The maximum absolute atomic E-state index is 13.8. The molecule has 1 aliphatic heterocycles. The second-order valence-corrected chi connectivity index (χ2v) is 9.59. The van der Waals surface area contributed by atoms with Gasteiger partial charge in [0, 0.05) is 36.5 Å². The Bertz CT molecular complexity index is 797. The highest BCUT2D eigenvalue weighted by Crippen LogP contribution is 2.43. The van der Waals surface area contributed by atoms with Gasteiger partial charge in [0.15, 0.2) is 0 Å². The quantitative estimate of drug-likeness (QED) is 0.846. The zero-order valence-corrected chi connectivity index (χ0v) is 15.1. The maximum atomic E-state index is 13.8. The molecule has 5 nitrogen and oxygen atoms in total. The van der Waals surface area contributed by atoms with E-state index in [1.54, 1.807) is 4.90 Å². The minimum atomic E-state index is -3.61. The Labute approximate surface area is 151 Å². The first-order valence-corrected chi connectivity index (χ1v) is 10.7. The van der Waals surface area contributed by atoms with E-state index < -0.39 is 38.9 Å². The molecule has 8 heteroatoms. The number of nitrogens with one attached hydrogen (secondary N) is 1. The maximum Gasteiger partial charge on any atom is 0.225 e. The summed E-state index contributed by atoms with van der Waals surface area (Å²) in [5.41, 5.74) is -0.0492. The number of hydrogen-bond acceptors (Lipinski definition) is 3. The molecule has 1 saturated heterocycles. The molecule has 2 saturated carbocycles. The Morgan fingerprint density at radius 3 is 2.35 bits per heavy atom. The van der Waals surface area contributed by atoms with Gasteiger partial charge in [-0.25, -0.2) is 21.9 Å². The predicted octanol–water partition coefficient (Wildman–Crippen LogP) is 2.14. The highest BCUT2D eigenvalue weighted by atomic mass is 32.2. The van der Waals surface area contributed by atoms with Crippen LogP contribution in [0.25, 0.3) is 0 Å². The number of sulfonamides is 1. The van der Waals surface area contributed by atoms with Crippen LogP contribution in [0.2, 0.25) is 0 Å². The minimum Gasteiger partial charge on any atom is -0.340 e. The highest BCUT2D eigenvalue weighted by molar-refractivity contribution is 7.90. The van der Waals surface area contributed by atoms with E-state index in [2.05, 4.69) is 4.72 Å². The molecule has 1 aromatic carbocycles. The number of carbonyl (C=O) groups excluding carboxylic acids is 1. The van der Waals surface area contributed by atoms with Crippen LogP contribution >= 0.6 is 0 Å². The molecule has 4 rings (SSSR count). The molecule has 0 bridgehead atoms. The number of nitrogens with zero attached hydrogens (tertiary/aromatic N) is 1. The molecule has 0 aromatic heterocycles. The van der Waals surface area contributed by atoms with Gasteiger partial charge in [-0.3, -0.25) is 4.79 Å². The first-order valence-electron chi connectivity index (χ1n) is 9.10. The van der Waals surface area contributed by atoms with E-state index in [1.807, 2.05) is 0 Å². The Morgan fingerprint density at radius 2 is 1.73 bits per heavy atom. The van der Waals surface area contributed by atoms with Crippen LogP contribution in [0.3, 0.4) is 0 Å². The standard InChI is InChI=1S/C18H22F2N2O3S/c19-14-6-3-7-15(20)17(14)13-8-16(13)21-26(24,25)12-9-22(10-12)18(23)11-4-1-2-5-11/h3,6-7,11-13,16,21H,1-2,4-5,8-10H2. The number of rotatable bonds is 5. The van der Waals surface area contributed by atoms with Crippen molar-refractivity contribution < 1.29 is 22.0 Å². The van der Waals surface area contributed by atoms with Crippen LogP contribution in [0.1, 0.15) is 43.6 Å². The van der Waals surface area contributed by atoms with Gasteiger partial charge in [0.2, 0.25) is 15.9 Å². The summed E-state index contributed by atoms with van der Waals surface area (Å²) in [7, 11) is -3.61. The molecule has 1 aromatic rings. The average Bonchev–Trinajstić information content (AvgIpc) is 3.05. The van der Waals surface area contributed by atoms with Crippen LogP contribution in [0, 0.1) is 17.6 Å². The van der Waals surface area contributed by atoms with Gasteiger partial charge in [0.05, 0.1) is 0 Å². The van der Waals surface area contributed by atoms with Gasteiger partial charge < -0.3 is 4.90 Å². The van der Waals surface area contributed by atoms with E-state index in [0.29, 0.717) is 6.42 Å². The summed E-state index contributed by atoms with van der Waals surface area (Å²) in [6.45, 7) is 0.409. The van der Waals surface area contributed by atoms with Crippen molar-refractivity contribution in [2.75, 3.05) is 13.1 Å². The van der Waals surface area contributed by atoms with E-state index in [-0.39, 0.29) is 30.5 Å². The molecule has 2 atom stereocenters. The SMILES string of the molecule is O=C(C1CCCC1)N1CC(S(=O)(=O)NC2CC2c2c(F)cccc2F)C1. The largest absolute Gasteiger partial charge is 0.340 e. The fourth-order valence-corrected chi connectivity index (χ4v) is 5.69. The van der Waals surface area contributed by atoms with Crippen molar-refractivity contribution >= 4 is 15.9 Å². The lowest BCUT2D eigenvalue weighted by molar-refractivity contribution is -0.138. The van der Waals surface area contributed by atoms with Crippen molar-refractivity contribution in [3.05, 3.63) is 35.4 Å². The molecular formula is C18H22F2N2O3S. The molecule has 2 unspecified atom stereocenters. The number of benzene rings is 1. The lowest BCUT2D eigenvalue weighted by Crippen LogP contribution is -2.60. The summed E-state index contributed by atoms with van der Waals surface area (Å²) >= 11 is 0. The van der Waals surface area contributed by atoms with Crippen LogP contribution in [-0.4, -0.2) is 43.6 Å². The van der Waals surface area contributed by atoms with Crippen molar-refractivity contribution in [2.45, 2.75) is 49.3 Å². The van der Waals surface area contributed by atoms with Crippen LogP contribution < -0.4 is 4.72 Å². The van der Waals surface area contributed by atoms with Crippen LogP contribution in [0.5, 0.6) is 0 Å². The zero-order valence-electron chi connectivity index (χ0n) is 14.3.